The number of aromatic nitrogens is 1. The first-order chi connectivity index (χ1) is 17.9. The molecule has 0 spiro atoms. The number of nitrogens with zero attached hydrogens (tertiary/aromatic N) is 3. The van der Waals surface area contributed by atoms with E-state index in [0.717, 1.165) is 23.0 Å². The smallest absolute Gasteiger partial charge is 0.318 e. The normalized spacial score (nSPS) is 16.6. The predicted molar refractivity (Wildman–Crippen MR) is 145 cm³/mol. The van der Waals surface area contributed by atoms with Gasteiger partial charge in [-0.1, -0.05) is 29.8 Å². The number of carboxylic acid groups (broad SMARTS) is 1. The summed E-state index contributed by atoms with van der Waals surface area (Å²) in [4.78, 5) is 31.0. The van der Waals surface area contributed by atoms with Crippen LogP contribution in [0.1, 0.15) is 11.3 Å². The molecular formula is C24H22ClN3O7S3. The van der Waals surface area contributed by atoms with Crippen LogP contribution in [0, 0.1) is 0 Å². The number of halogens is 1. The summed E-state index contributed by atoms with van der Waals surface area (Å²) in [5.74, 6) is -1.78. The summed E-state index contributed by atoms with van der Waals surface area (Å²) < 4.78 is 51.5. The Kier molecular flexibility index (Phi) is 8.04. The molecule has 1 amide bonds. The number of carboxylic acids is 1. The second-order valence-corrected chi connectivity index (χ2v) is 13.9. The number of carbonyl (C=O) groups excluding carboxylic acids is 1. The number of carbonyl (C=O) groups is 2. The van der Waals surface area contributed by atoms with Gasteiger partial charge in [-0.3, -0.25) is 14.5 Å². The molecule has 1 atom stereocenters. The van der Waals surface area contributed by atoms with Crippen molar-refractivity contribution in [3.8, 4) is 11.1 Å². The molecule has 1 N–H and O–H groups in total. The summed E-state index contributed by atoms with van der Waals surface area (Å²) >= 11 is 7.02. The molecule has 38 heavy (non-hydrogen) atoms. The monoisotopic (exact) mass is 595 g/mol. The number of thiophene rings is 1. The van der Waals surface area contributed by atoms with Crippen molar-refractivity contribution >= 4 is 66.6 Å². The van der Waals surface area contributed by atoms with E-state index in [0.29, 0.717) is 24.6 Å². The van der Waals surface area contributed by atoms with Crippen LogP contribution in [0.25, 0.3) is 17.2 Å². The Bertz CT molecular complexity index is 1620. The van der Waals surface area contributed by atoms with Gasteiger partial charge in [0.15, 0.2) is 9.84 Å². The summed E-state index contributed by atoms with van der Waals surface area (Å²) in [5, 5.41) is 10.2. The third-order valence-electron chi connectivity index (χ3n) is 5.76. The fourth-order valence-corrected chi connectivity index (χ4v) is 7.33. The summed E-state index contributed by atoms with van der Waals surface area (Å²) in [7, 11) is -7.77. The third-order valence-corrected chi connectivity index (χ3v) is 9.63. The number of hydrogen-bond donors (Lipinski definition) is 1. The summed E-state index contributed by atoms with van der Waals surface area (Å²) in [5.41, 5.74) is 0.976. The molecule has 1 aromatic carbocycles. The Morgan fingerprint density at radius 2 is 1.92 bits per heavy atom. The van der Waals surface area contributed by atoms with E-state index < -0.39 is 44.3 Å². The summed E-state index contributed by atoms with van der Waals surface area (Å²) in [6.45, 7) is -0.775. The van der Waals surface area contributed by atoms with Crippen LogP contribution in [-0.4, -0.2) is 68.5 Å². The molecule has 0 bridgehead atoms. The number of hydrogen-bond acceptors (Lipinski definition) is 8. The first-order valence-electron chi connectivity index (χ1n) is 11.1. The van der Waals surface area contributed by atoms with Gasteiger partial charge in [0.1, 0.15) is 18.4 Å². The molecule has 10 nitrogen and oxygen atoms in total. The zero-order valence-electron chi connectivity index (χ0n) is 19.9. The molecule has 1 fully saturated rings. The van der Waals surface area contributed by atoms with Crippen molar-refractivity contribution in [1.82, 2.24) is 9.29 Å². The minimum absolute atomic E-state index is 0.0599. The highest BCUT2D eigenvalue weighted by molar-refractivity contribution is 7.92. The van der Waals surface area contributed by atoms with Crippen molar-refractivity contribution in [2.75, 3.05) is 24.2 Å². The highest BCUT2D eigenvalue weighted by Crippen LogP contribution is 2.30. The van der Waals surface area contributed by atoms with Crippen molar-refractivity contribution in [2.24, 2.45) is 0 Å². The average molecular weight is 596 g/mol. The number of benzene rings is 1. The number of aliphatic carboxylic acids is 1. The predicted octanol–water partition coefficient (Wildman–Crippen LogP) is 3.36. The molecular weight excluding hydrogens is 574 g/mol. The molecule has 1 aliphatic heterocycles. The topological polar surface area (TPSA) is 142 Å². The van der Waals surface area contributed by atoms with E-state index in [1.165, 1.54) is 29.3 Å². The van der Waals surface area contributed by atoms with Gasteiger partial charge in [0.2, 0.25) is 15.9 Å². The Hall–Kier alpha value is -3.10. The van der Waals surface area contributed by atoms with Gasteiger partial charge in [-0.2, -0.15) is 4.31 Å². The molecule has 0 aliphatic carbocycles. The Morgan fingerprint density at radius 1 is 1.18 bits per heavy atom. The number of amides is 1. The lowest BCUT2D eigenvalue weighted by Gasteiger charge is -2.24. The Balaban J connectivity index is 1.58. The van der Waals surface area contributed by atoms with Gasteiger partial charge in [0.05, 0.1) is 9.23 Å². The molecule has 1 saturated heterocycles. The standard InChI is InChI=1S/C24H22ClN3O7S3/c1-37(32,33)20-5-3-2-4-18(20)16-6-9-22(26-14-16)27-12-10-19(24(27)31)28(15-23(29)30)38(34,35)13-11-17-7-8-21(25)36-17/h2-9,11,13-14,19H,10,12,15H2,1H3,(H,29,30)/t19-/m0/s1. The maximum atomic E-state index is 13.3. The zero-order valence-corrected chi connectivity index (χ0v) is 23.1. The van der Waals surface area contributed by atoms with Gasteiger partial charge in [-0.15, -0.1) is 11.3 Å². The van der Waals surface area contributed by atoms with Crippen LogP contribution in [0.2, 0.25) is 4.34 Å². The van der Waals surface area contributed by atoms with Crippen LogP contribution in [-0.2, 0) is 29.4 Å². The number of pyridine rings is 1. The van der Waals surface area contributed by atoms with Crippen molar-refractivity contribution in [2.45, 2.75) is 17.4 Å². The van der Waals surface area contributed by atoms with Crippen LogP contribution in [0.15, 0.2) is 65.0 Å². The van der Waals surface area contributed by atoms with Crippen LogP contribution in [0.5, 0.6) is 0 Å². The molecule has 2 aromatic heterocycles. The second kappa shape index (κ2) is 10.9. The molecule has 3 aromatic rings. The Labute approximate surface area is 228 Å². The molecule has 1 aliphatic rings. The van der Waals surface area contributed by atoms with E-state index in [-0.39, 0.29) is 23.7 Å². The maximum Gasteiger partial charge on any atom is 0.318 e. The average Bonchev–Trinajstić information content (AvgIpc) is 3.45. The number of sulfonamides is 1. The van der Waals surface area contributed by atoms with Crippen molar-refractivity contribution in [3.63, 3.8) is 0 Å². The van der Waals surface area contributed by atoms with Crippen molar-refractivity contribution in [3.05, 3.63) is 69.3 Å². The number of rotatable bonds is 9. The molecule has 0 radical (unpaired) electrons. The van der Waals surface area contributed by atoms with Crippen LogP contribution in [0.4, 0.5) is 5.82 Å². The van der Waals surface area contributed by atoms with E-state index in [1.54, 1.807) is 36.4 Å². The third kappa shape index (κ3) is 6.13. The van der Waals surface area contributed by atoms with Crippen LogP contribution >= 0.6 is 22.9 Å². The lowest BCUT2D eigenvalue weighted by Crippen LogP contribution is -2.47. The molecule has 3 heterocycles. The fraction of sp³-hybridized carbons (Fsp3) is 0.208. The summed E-state index contributed by atoms with van der Waals surface area (Å²) in [6.07, 6.45) is 3.90. The molecule has 4 rings (SSSR count). The highest BCUT2D eigenvalue weighted by Gasteiger charge is 2.42. The van der Waals surface area contributed by atoms with E-state index in [2.05, 4.69) is 4.98 Å². The minimum atomic E-state index is -4.28. The molecule has 0 unspecified atom stereocenters. The van der Waals surface area contributed by atoms with E-state index in [4.69, 9.17) is 11.6 Å². The van der Waals surface area contributed by atoms with Crippen molar-refractivity contribution < 1.29 is 31.5 Å². The first-order valence-corrected chi connectivity index (χ1v) is 15.7. The fourth-order valence-electron chi connectivity index (χ4n) is 4.05. The Morgan fingerprint density at radius 3 is 2.53 bits per heavy atom. The molecule has 0 saturated carbocycles. The van der Waals surface area contributed by atoms with Gasteiger partial charge in [0, 0.05) is 40.4 Å². The van der Waals surface area contributed by atoms with E-state index in [1.807, 2.05) is 0 Å². The van der Waals surface area contributed by atoms with Gasteiger partial charge < -0.3 is 5.11 Å². The highest BCUT2D eigenvalue weighted by atomic mass is 35.5. The lowest BCUT2D eigenvalue weighted by atomic mass is 10.1. The zero-order chi connectivity index (χ0) is 27.7. The largest absolute Gasteiger partial charge is 0.480 e. The van der Waals surface area contributed by atoms with Gasteiger partial charge in [-0.25, -0.2) is 21.8 Å². The first kappa shape index (κ1) is 27.9. The van der Waals surface area contributed by atoms with E-state index in [9.17, 15) is 31.5 Å². The van der Waals surface area contributed by atoms with Crippen LogP contribution in [0.3, 0.4) is 0 Å². The molecule has 200 valence electrons. The summed E-state index contributed by atoms with van der Waals surface area (Å²) in [6, 6.07) is 11.6. The van der Waals surface area contributed by atoms with E-state index >= 15 is 0 Å². The van der Waals surface area contributed by atoms with Gasteiger partial charge >= 0.3 is 5.97 Å². The number of sulfone groups is 1. The maximum absolute atomic E-state index is 13.3. The lowest BCUT2D eigenvalue weighted by molar-refractivity contribution is -0.137. The minimum Gasteiger partial charge on any atom is -0.480 e. The second-order valence-electron chi connectivity index (χ2n) is 8.40. The SMILES string of the molecule is CS(=O)(=O)c1ccccc1-c1ccc(N2CC[C@H](N(CC(=O)O)S(=O)(=O)C=Cc3ccc(Cl)s3)C2=O)nc1. The van der Waals surface area contributed by atoms with Gasteiger partial charge in [-0.05, 0) is 42.8 Å². The quantitative estimate of drug-likeness (QED) is 0.397. The molecule has 14 heteroatoms. The van der Waals surface area contributed by atoms with Crippen molar-refractivity contribution in [1.29, 1.82) is 0 Å². The van der Waals surface area contributed by atoms with Gasteiger partial charge in [0.25, 0.3) is 0 Å². The number of anilines is 1. The van der Waals surface area contributed by atoms with Crippen LogP contribution < -0.4 is 4.90 Å².